The first-order chi connectivity index (χ1) is 9.54. The van der Waals surface area contributed by atoms with Crippen molar-refractivity contribution >= 4 is 11.5 Å². The SMILES string of the molecule is COc1c(N)ncnc1Oc1cccc([N+](=O)[O-])c1C. The highest BCUT2D eigenvalue weighted by atomic mass is 16.6. The number of aromatic nitrogens is 2. The van der Waals surface area contributed by atoms with Gasteiger partial charge in [-0.05, 0) is 13.0 Å². The van der Waals surface area contributed by atoms with Gasteiger partial charge in [0.05, 0.1) is 17.6 Å². The topological polar surface area (TPSA) is 113 Å². The van der Waals surface area contributed by atoms with Crippen molar-refractivity contribution in [1.82, 2.24) is 9.97 Å². The second-order valence-corrected chi connectivity index (χ2v) is 3.86. The average Bonchev–Trinajstić information content (AvgIpc) is 2.41. The Bertz CT molecular complexity index is 660. The zero-order chi connectivity index (χ0) is 14.7. The number of anilines is 1. The first-order valence-electron chi connectivity index (χ1n) is 5.61. The highest BCUT2D eigenvalue weighted by molar-refractivity contribution is 5.55. The summed E-state index contributed by atoms with van der Waals surface area (Å²) in [4.78, 5) is 18.1. The minimum Gasteiger partial charge on any atom is -0.489 e. The van der Waals surface area contributed by atoms with Gasteiger partial charge in [0.15, 0.2) is 5.82 Å². The van der Waals surface area contributed by atoms with E-state index in [1.54, 1.807) is 13.0 Å². The third-order valence-electron chi connectivity index (χ3n) is 2.66. The van der Waals surface area contributed by atoms with Gasteiger partial charge in [-0.25, -0.2) is 4.98 Å². The summed E-state index contributed by atoms with van der Waals surface area (Å²) in [5.74, 6) is 0.707. The van der Waals surface area contributed by atoms with Gasteiger partial charge in [-0.15, -0.1) is 0 Å². The van der Waals surface area contributed by atoms with Gasteiger partial charge in [0.25, 0.3) is 11.6 Å². The van der Waals surface area contributed by atoms with Crippen LogP contribution in [0.5, 0.6) is 17.4 Å². The van der Waals surface area contributed by atoms with E-state index in [0.717, 1.165) is 0 Å². The molecule has 0 atom stereocenters. The summed E-state index contributed by atoms with van der Waals surface area (Å²) in [7, 11) is 1.40. The quantitative estimate of drug-likeness (QED) is 0.671. The maximum Gasteiger partial charge on any atom is 0.276 e. The van der Waals surface area contributed by atoms with Gasteiger partial charge in [0.2, 0.25) is 5.75 Å². The molecule has 2 rings (SSSR count). The summed E-state index contributed by atoms with van der Waals surface area (Å²) >= 11 is 0. The van der Waals surface area contributed by atoms with E-state index in [-0.39, 0.29) is 23.1 Å². The Hall–Kier alpha value is -2.90. The molecule has 0 aliphatic heterocycles. The number of nitro groups is 1. The van der Waals surface area contributed by atoms with E-state index >= 15 is 0 Å². The van der Waals surface area contributed by atoms with Gasteiger partial charge in [0.1, 0.15) is 12.1 Å². The monoisotopic (exact) mass is 276 g/mol. The number of hydrogen-bond acceptors (Lipinski definition) is 7. The fourth-order valence-electron chi connectivity index (χ4n) is 1.65. The Kier molecular flexibility index (Phi) is 3.65. The summed E-state index contributed by atoms with van der Waals surface area (Å²) < 4.78 is 10.6. The van der Waals surface area contributed by atoms with Crippen LogP contribution < -0.4 is 15.2 Å². The molecule has 0 spiro atoms. The summed E-state index contributed by atoms with van der Waals surface area (Å²) in [6.07, 6.45) is 1.22. The molecule has 2 aromatic rings. The molecule has 1 heterocycles. The summed E-state index contributed by atoms with van der Waals surface area (Å²) in [6.45, 7) is 1.59. The molecule has 0 bridgehead atoms. The Labute approximate surface area is 114 Å². The molecular weight excluding hydrogens is 264 g/mol. The van der Waals surface area contributed by atoms with Crippen LogP contribution in [0.15, 0.2) is 24.5 Å². The Morgan fingerprint density at radius 2 is 2.10 bits per heavy atom. The van der Waals surface area contributed by atoms with E-state index in [9.17, 15) is 10.1 Å². The van der Waals surface area contributed by atoms with Crippen LogP contribution in [0.25, 0.3) is 0 Å². The second-order valence-electron chi connectivity index (χ2n) is 3.86. The number of nitrogen functional groups attached to an aromatic ring is 1. The van der Waals surface area contributed by atoms with E-state index in [1.807, 2.05) is 0 Å². The van der Waals surface area contributed by atoms with Crippen molar-refractivity contribution < 1.29 is 14.4 Å². The smallest absolute Gasteiger partial charge is 0.276 e. The van der Waals surface area contributed by atoms with Gasteiger partial charge in [-0.2, -0.15) is 4.98 Å². The van der Waals surface area contributed by atoms with Crippen molar-refractivity contribution in [3.63, 3.8) is 0 Å². The number of methoxy groups -OCH3 is 1. The van der Waals surface area contributed by atoms with Crippen molar-refractivity contribution in [3.8, 4) is 17.4 Å². The molecule has 0 saturated heterocycles. The lowest BCUT2D eigenvalue weighted by molar-refractivity contribution is -0.385. The van der Waals surface area contributed by atoms with E-state index in [2.05, 4.69) is 9.97 Å². The van der Waals surface area contributed by atoms with Gasteiger partial charge in [-0.1, -0.05) is 6.07 Å². The molecule has 0 unspecified atom stereocenters. The van der Waals surface area contributed by atoms with E-state index in [1.165, 1.54) is 25.6 Å². The van der Waals surface area contributed by atoms with Crippen LogP contribution in [-0.4, -0.2) is 22.0 Å². The number of nitro benzene ring substituents is 1. The van der Waals surface area contributed by atoms with Crippen molar-refractivity contribution in [1.29, 1.82) is 0 Å². The number of rotatable bonds is 4. The van der Waals surface area contributed by atoms with Gasteiger partial charge < -0.3 is 15.2 Å². The lowest BCUT2D eigenvalue weighted by atomic mass is 10.2. The Morgan fingerprint density at radius 3 is 2.75 bits per heavy atom. The van der Waals surface area contributed by atoms with Crippen molar-refractivity contribution in [2.24, 2.45) is 0 Å². The van der Waals surface area contributed by atoms with Crippen LogP contribution in [0.1, 0.15) is 5.56 Å². The van der Waals surface area contributed by atoms with Crippen LogP contribution in [0, 0.1) is 17.0 Å². The van der Waals surface area contributed by atoms with E-state index in [4.69, 9.17) is 15.2 Å². The molecule has 1 aromatic carbocycles. The Morgan fingerprint density at radius 1 is 1.35 bits per heavy atom. The number of hydrogen-bond donors (Lipinski definition) is 1. The van der Waals surface area contributed by atoms with Crippen molar-refractivity contribution in [3.05, 3.63) is 40.2 Å². The fourth-order valence-corrected chi connectivity index (χ4v) is 1.65. The molecule has 0 saturated carbocycles. The molecule has 0 aliphatic rings. The average molecular weight is 276 g/mol. The van der Waals surface area contributed by atoms with Gasteiger partial charge >= 0.3 is 0 Å². The molecule has 8 nitrogen and oxygen atoms in total. The van der Waals surface area contributed by atoms with Gasteiger partial charge in [0, 0.05) is 6.07 Å². The van der Waals surface area contributed by atoms with Crippen LogP contribution in [-0.2, 0) is 0 Å². The second kappa shape index (κ2) is 5.39. The lowest BCUT2D eigenvalue weighted by Crippen LogP contribution is -2.01. The third kappa shape index (κ3) is 2.44. The number of benzene rings is 1. The third-order valence-corrected chi connectivity index (χ3v) is 2.66. The summed E-state index contributed by atoms with van der Waals surface area (Å²) in [5.41, 5.74) is 5.98. The molecule has 0 aliphatic carbocycles. The molecule has 0 amide bonds. The largest absolute Gasteiger partial charge is 0.489 e. The Balaban J connectivity index is 2.43. The highest BCUT2D eigenvalue weighted by Gasteiger charge is 2.17. The van der Waals surface area contributed by atoms with E-state index in [0.29, 0.717) is 11.3 Å². The normalized spacial score (nSPS) is 10.1. The van der Waals surface area contributed by atoms with E-state index < -0.39 is 4.92 Å². The minimum absolute atomic E-state index is 0.0384. The van der Waals surface area contributed by atoms with Gasteiger partial charge in [-0.3, -0.25) is 10.1 Å². The molecular formula is C12H12N4O4. The maximum atomic E-state index is 10.9. The molecule has 1 aromatic heterocycles. The molecule has 104 valence electrons. The van der Waals surface area contributed by atoms with Crippen LogP contribution in [0.4, 0.5) is 11.5 Å². The zero-order valence-corrected chi connectivity index (χ0v) is 10.9. The number of nitrogens with zero attached hydrogens (tertiary/aromatic N) is 3. The number of ether oxygens (including phenoxy) is 2. The number of nitrogens with two attached hydrogens (primary N) is 1. The van der Waals surface area contributed by atoms with Crippen LogP contribution in [0.2, 0.25) is 0 Å². The summed E-state index contributed by atoms with van der Waals surface area (Å²) in [6, 6.07) is 4.52. The minimum atomic E-state index is -0.478. The molecule has 20 heavy (non-hydrogen) atoms. The first-order valence-corrected chi connectivity index (χ1v) is 5.61. The lowest BCUT2D eigenvalue weighted by Gasteiger charge is -2.11. The van der Waals surface area contributed by atoms with Crippen molar-refractivity contribution in [2.75, 3.05) is 12.8 Å². The first kappa shape index (κ1) is 13.5. The maximum absolute atomic E-state index is 10.9. The predicted molar refractivity (Wildman–Crippen MR) is 70.9 cm³/mol. The van der Waals surface area contributed by atoms with Crippen LogP contribution >= 0.6 is 0 Å². The van der Waals surface area contributed by atoms with Crippen molar-refractivity contribution in [2.45, 2.75) is 6.92 Å². The highest BCUT2D eigenvalue weighted by Crippen LogP contribution is 2.35. The van der Waals surface area contributed by atoms with Crippen LogP contribution in [0.3, 0.4) is 0 Å². The molecule has 0 fully saturated rings. The molecule has 0 radical (unpaired) electrons. The molecule has 2 N–H and O–H groups in total. The summed E-state index contributed by atoms with van der Waals surface area (Å²) in [5, 5.41) is 10.9. The fraction of sp³-hybridized carbons (Fsp3) is 0.167. The standard InChI is InChI=1S/C12H12N4O4/c1-7-8(16(17)18)4-3-5-9(7)20-12-10(19-2)11(13)14-6-15-12/h3-6H,1-2H3,(H2,13,14,15). The zero-order valence-electron chi connectivity index (χ0n) is 10.9. The predicted octanol–water partition coefficient (Wildman–Crippen LogP) is 2.08. The molecule has 8 heteroatoms.